The fraction of sp³-hybridized carbons (Fsp3) is 0.375. The van der Waals surface area contributed by atoms with Crippen molar-refractivity contribution in [1.29, 1.82) is 0 Å². The second kappa shape index (κ2) is 9.34. The summed E-state index contributed by atoms with van der Waals surface area (Å²) in [6, 6.07) is 0. The summed E-state index contributed by atoms with van der Waals surface area (Å²) in [5.41, 5.74) is 4.58. The Kier molecular flexibility index (Phi) is 8.46. The quantitative estimate of drug-likeness (QED) is 0.632. The third-order valence-corrected chi connectivity index (χ3v) is 2.57. The van der Waals surface area contributed by atoms with Crippen molar-refractivity contribution < 1.29 is 0 Å². The molecule has 0 heterocycles. The van der Waals surface area contributed by atoms with Crippen LogP contribution in [-0.4, -0.2) is 7.05 Å². The molecule has 0 rings (SSSR count). The van der Waals surface area contributed by atoms with E-state index in [0.29, 0.717) is 0 Å². The minimum absolute atomic E-state index is 0.921. The van der Waals surface area contributed by atoms with Crippen molar-refractivity contribution in [2.75, 3.05) is 7.05 Å². The molecule has 2 N–H and O–H groups in total. The molecule has 0 bridgehead atoms. The second-order valence-electron chi connectivity index (χ2n) is 4.07. The van der Waals surface area contributed by atoms with Gasteiger partial charge in [0.25, 0.3) is 0 Å². The van der Waals surface area contributed by atoms with Gasteiger partial charge in [0, 0.05) is 18.4 Å². The van der Waals surface area contributed by atoms with Gasteiger partial charge in [0.2, 0.25) is 0 Å². The molecule has 0 atom stereocenters. The first-order chi connectivity index (χ1) is 8.60. The Morgan fingerprint density at radius 2 is 1.83 bits per heavy atom. The van der Waals surface area contributed by atoms with Crippen LogP contribution in [0.3, 0.4) is 0 Å². The summed E-state index contributed by atoms with van der Waals surface area (Å²) in [6.07, 6.45) is 9.88. The summed E-state index contributed by atoms with van der Waals surface area (Å²) in [4.78, 5) is 0. The highest BCUT2D eigenvalue weighted by Crippen LogP contribution is 2.20. The fourth-order valence-electron chi connectivity index (χ4n) is 1.74. The first-order valence-electron chi connectivity index (χ1n) is 6.42. The maximum Gasteiger partial charge on any atom is 0.0455 e. The van der Waals surface area contributed by atoms with Crippen LogP contribution in [0.1, 0.15) is 33.6 Å². The first kappa shape index (κ1) is 16.3. The molecule has 0 spiro atoms. The van der Waals surface area contributed by atoms with E-state index < -0.39 is 0 Å². The first-order valence-corrected chi connectivity index (χ1v) is 6.42. The van der Waals surface area contributed by atoms with Crippen LogP contribution >= 0.6 is 0 Å². The third kappa shape index (κ3) is 5.58. The number of rotatable bonds is 8. The van der Waals surface area contributed by atoms with E-state index in [9.17, 15) is 0 Å². The zero-order chi connectivity index (χ0) is 14.0. The molecule has 0 aromatic carbocycles. The van der Waals surface area contributed by atoms with E-state index in [1.807, 2.05) is 26.2 Å². The summed E-state index contributed by atoms with van der Waals surface area (Å²) < 4.78 is 0. The monoisotopic (exact) mass is 246 g/mol. The van der Waals surface area contributed by atoms with Crippen LogP contribution in [0.25, 0.3) is 0 Å². The van der Waals surface area contributed by atoms with E-state index in [1.54, 1.807) is 6.08 Å². The molecule has 0 aromatic rings. The Morgan fingerprint density at radius 1 is 1.22 bits per heavy atom. The van der Waals surface area contributed by atoms with Crippen molar-refractivity contribution in [1.82, 2.24) is 10.6 Å². The topological polar surface area (TPSA) is 24.1 Å². The molecule has 100 valence electrons. The molecular weight excluding hydrogens is 220 g/mol. The Balaban J connectivity index is 5.56. The average molecular weight is 246 g/mol. The maximum atomic E-state index is 3.90. The van der Waals surface area contributed by atoms with Gasteiger partial charge in [-0.2, -0.15) is 0 Å². The van der Waals surface area contributed by atoms with Gasteiger partial charge in [-0.25, -0.2) is 0 Å². The number of nitrogens with one attached hydrogen (secondary N) is 2. The number of allylic oxidation sites excluding steroid dienone is 5. The van der Waals surface area contributed by atoms with Gasteiger partial charge in [-0.1, -0.05) is 38.7 Å². The molecule has 0 saturated carbocycles. The Labute approximate surface area is 112 Å². The smallest absolute Gasteiger partial charge is 0.0455 e. The lowest BCUT2D eigenvalue weighted by Crippen LogP contribution is -2.13. The van der Waals surface area contributed by atoms with Crippen molar-refractivity contribution in [3.8, 4) is 0 Å². The average Bonchev–Trinajstić information content (AvgIpc) is 2.33. The van der Waals surface area contributed by atoms with Crippen molar-refractivity contribution in [2.24, 2.45) is 0 Å². The second-order valence-corrected chi connectivity index (χ2v) is 4.07. The molecule has 2 heteroatoms. The van der Waals surface area contributed by atoms with Gasteiger partial charge < -0.3 is 10.6 Å². The number of hydrogen-bond acceptors (Lipinski definition) is 2. The van der Waals surface area contributed by atoms with E-state index >= 15 is 0 Å². The highest BCUT2D eigenvalue weighted by molar-refractivity contribution is 5.45. The maximum absolute atomic E-state index is 3.90. The van der Waals surface area contributed by atoms with Crippen LogP contribution in [0.15, 0.2) is 60.1 Å². The minimum atomic E-state index is 0.921. The van der Waals surface area contributed by atoms with E-state index in [4.69, 9.17) is 0 Å². The van der Waals surface area contributed by atoms with Gasteiger partial charge in [0.15, 0.2) is 0 Å². The van der Waals surface area contributed by atoms with Crippen molar-refractivity contribution in [2.45, 2.75) is 33.6 Å². The lowest BCUT2D eigenvalue weighted by atomic mass is 9.99. The van der Waals surface area contributed by atoms with Crippen LogP contribution in [-0.2, 0) is 0 Å². The minimum Gasteiger partial charge on any atom is -0.394 e. The summed E-state index contributed by atoms with van der Waals surface area (Å²) >= 11 is 0. The van der Waals surface area contributed by atoms with Gasteiger partial charge >= 0.3 is 0 Å². The van der Waals surface area contributed by atoms with Crippen molar-refractivity contribution in [3.05, 3.63) is 60.1 Å². The molecule has 0 aliphatic rings. The van der Waals surface area contributed by atoms with Gasteiger partial charge in [0.05, 0.1) is 0 Å². The summed E-state index contributed by atoms with van der Waals surface area (Å²) in [5.74, 6) is 0. The Bertz CT molecular complexity index is 365. The van der Waals surface area contributed by atoms with Crippen molar-refractivity contribution in [3.63, 3.8) is 0 Å². The molecule has 0 fully saturated rings. The molecule has 0 aliphatic heterocycles. The summed E-state index contributed by atoms with van der Waals surface area (Å²) in [6.45, 7) is 14.0. The molecular formula is C16H26N2. The van der Waals surface area contributed by atoms with E-state index in [0.717, 1.165) is 24.2 Å². The highest BCUT2D eigenvalue weighted by Gasteiger charge is 2.06. The van der Waals surface area contributed by atoms with Gasteiger partial charge in [-0.3, -0.25) is 0 Å². The van der Waals surface area contributed by atoms with Gasteiger partial charge in [-0.15, -0.1) is 0 Å². The number of hydrogen-bond donors (Lipinski definition) is 2. The normalized spacial score (nSPS) is 11.2. The van der Waals surface area contributed by atoms with Gasteiger partial charge in [-0.05, 0) is 43.7 Å². The summed E-state index contributed by atoms with van der Waals surface area (Å²) in [5, 5.41) is 6.33. The fourth-order valence-corrected chi connectivity index (χ4v) is 1.74. The van der Waals surface area contributed by atoms with E-state index in [2.05, 4.69) is 43.7 Å². The molecule has 0 radical (unpaired) electrons. The van der Waals surface area contributed by atoms with Gasteiger partial charge in [0.1, 0.15) is 0 Å². The van der Waals surface area contributed by atoms with E-state index in [1.165, 1.54) is 11.1 Å². The Hall–Kier alpha value is -1.70. The van der Waals surface area contributed by atoms with Crippen LogP contribution in [0.4, 0.5) is 0 Å². The van der Waals surface area contributed by atoms with Crippen molar-refractivity contribution >= 4 is 0 Å². The zero-order valence-corrected chi connectivity index (χ0v) is 12.1. The summed E-state index contributed by atoms with van der Waals surface area (Å²) in [7, 11) is 1.90. The zero-order valence-electron chi connectivity index (χ0n) is 12.1. The predicted molar refractivity (Wildman–Crippen MR) is 82.0 cm³/mol. The van der Waals surface area contributed by atoms with Crippen LogP contribution in [0.2, 0.25) is 0 Å². The standard InChI is InChI=1S/C16H26N2/c1-7-10-16(18-13(4)5)15(11-12-17-6)14(8-2)9-3/h7,10-12,17-18H,1,4,8-9H2,2-3,5-6H3/b12-11-,16-10+. The Morgan fingerprint density at radius 3 is 2.22 bits per heavy atom. The van der Waals surface area contributed by atoms with Crippen LogP contribution in [0.5, 0.6) is 0 Å². The van der Waals surface area contributed by atoms with Crippen LogP contribution in [0, 0.1) is 0 Å². The molecule has 0 aromatic heterocycles. The lowest BCUT2D eigenvalue weighted by Gasteiger charge is -2.16. The molecule has 18 heavy (non-hydrogen) atoms. The lowest BCUT2D eigenvalue weighted by molar-refractivity contribution is 0.922. The van der Waals surface area contributed by atoms with Crippen LogP contribution < -0.4 is 10.6 Å². The third-order valence-electron chi connectivity index (χ3n) is 2.57. The molecule has 2 nitrogen and oxygen atoms in total. The largest absolute Gasteiger partial charge is 0.394 e. The predicted octanol–water partition coefficient (Wildman–Crippen LogP) is 4.03. The molecule has 0 aliphatic carbocycles. The molecule has 0 saturated heterocycles. The highest BCUT2D eigenvalue weighted by atomic mass is 14.9. The SMILES string of the molecule is C=C/C=C(/NC(=C)C)C(/C=C\NC)=C(CC)CC. The van der Waals surface area contributed by atoms with E-state index in [-0.39, 0.29) is 0 Å². The molecule has 0 unspecified atom stereocenters. The molecule has 0 amide bonds.